The Hall–Kier alpha value is -2.46. The van der Waals surface area contributed by atoms with E-state index in [9.17, 15) is 26.0 Å². The highest BCUT2D eigenvalue weighted by atomic mass is 32.2. The maximum atomic E-state index is 13.8. The van der Waals surface area contributed by atoms with Crippen molar-refractivity contribution < 1.29 is 26.0 Å². The van der Waals surface area contributed by atoms with Gasteiger partial charge < -0.3 is 0 Å². The second kappa shape index (κ2) is 7.17. The summed E-state index contributed by atoms with van der Waals surface area (Å²) >= 11 is 0. The molecule has 0 N–H and O–H groups in total. The minimum Gasteiger partial charge on any atom is -0.268 e. The maximum Gasteiger partial charge on any atom is 0.409 e. The SMILES string of the molecule is CCN(C(c1ccc(F)cc1)C(F)(F)F)S(=O)(=O)c1ccc2cnn(C)c2c1. The van der Waals surface area contributed by atoms with E-state index in [-0.39, 0.29) is 10.5 Å². The molecular formula is C18H17F4N3O2S. The van der Waals surface area contributed by atoms with Gasteiger partial charge in [-0.3, -0.25) is 4.68 Å². The van der Waals surface area contributed by atoms with Crippen LogP contribution in [0.1, 0.15) is 18.5 Å². The molecule has 0 fully saturated rings. The van der Waals surface area contributed by atoms with Crippen molar-refractivity contribution in [3.05, 3.63) is 60.0 Å². The summed E-state index contributed by atoms with van der Waals surface area (Å²) in [5, 5.41) is 4.67. The molecule has 2 aromatic carbocycles. The number of sulfonamides is 1. The summed E-state index contributed by atoms with van der Waals surface area (Å²) in [4.78, 5) is -0.276. The molecule has 1 heterocycles. The largest absolute Gasteiger partial charge is 0.409 e. The molecule has 1 aromatic heterocycles. The van der Waals surface area contributed by atoms with Gasteiger partial charge >= 0.3 is 6.18 Å². The first-order valence-electron chi connectivity index (χ1n) is 8.31. The van der Waals surface area contributed by atoms with Crippen LogP contribution >= 0.6 is 0 Å². The molecule has 0 aliphatic heterocycles. The number of halogens is 4. The van der Waals surface area contributed by atoms with Gasteiger partial charge in [-0.2, -0.15) is 22.6 Å². The van der Waals surface area contributed by atoms with Crippen LogP contribution in [-0.4, -0.2) is 35.2 Å². The lowest BCUT2D eigenvalue weighted by Crippen LogP contribution is -2.42. The summed E-state index contributed by atoms with van der Waals surface area (Å²) in [6.45, 7) is 0.899. The van der Waals surface area contributed by atoms with Crippen molar-refractivity contribution >= 4 is 20.9 Å². The van der Waals surface area contributed by atoms with Gasteiger partial charge in [-0.25, -0.2) is 12.8 Å². The number of aryl methyl sites for hydroxylation is 1. The summed E-state index contributed by atoms with van der Waals surface area (Å²) in [5.74, 6) is -0.711. The van der Waals surface area contributed by atoms with E-state index >= 15 is 0 Å². The molecule has 1 unspecified atom stereocenters. The molecule has 10 heteroatoms. The number of rotatable bonds is 5. The Bertz CT molecular complexity index is 1090. The molecule has 0 amide bonds. The highest BCUT2D eigenvalue weighted by molar-refractivity contribution is 7.89. The van der Waals surface area contributed by atoms with Gasteiger partial charge in [0.15, 0.2) is 0 Å². The van der Waals surface area contributed by atoms with Crippen molar-refractivity contribution in [3.63, 3.8) is 0 Å². The fourth-order valence-corrected chi connectivity index (χ4v) is 4.70. The zero-order valence-corrected chi connectivity index (χ0v) is 15.8. The highest BCUT2D eigenvalue weighted by Gasteiger charge is 2.48. The molecule has 0 radical (unpaired) electrons. The Kier molecular flexibility index (Phi) is 5.20. The van der Waals surface area contributed by atoms with Gasteiger partial charge in [0.05, 0.1) is 16.6 Å². The van der Waals surface area contributed by atoms with Gasteiger partial charge in [-0.1, -0.05) is 19.1 Å². The van der Waals surface area contributed by atoms with Gasteiger partial charge in [-0.15, -0.1) is 0 Å². The molecule has 0 saturated carbocycles. The average molecular weight is 415 g/mol. The molecule has 3 aromatic rings. The molecule has 5 nitrogen and oxygen atoms in total. The molecule has 150 valence electrons. The number of fused-ring (bicyclic) bond motifs is 1. The Balaban J connectivity index is 2.13. The summed E-state index contributed by atoms with van der Waals surface area (Å²) in [7, 11) is -2.89. The van der Waals surface area contributed by atoms with E-state index in [1.807, 2.05) is 0 Å². The summed E-state index contributed by atoms with van der Waals surface area (Å²) in [6.07, 6.45) is -3.36. The zero-order chi connectivity index (χ0) is 20.7. The Morgan fingerprint density at radius 3 is 2.36 bits per heavy atom. The average Bonchev–Trinajstić information content (AvgIpc) is 3.00. The molecule has 0 aliphatic rings. The van der Waals surface area contributed by atoms with Crippen LogP contribution in [0.4, 0.5) is 17.6 Å². The monoisotopic (exact) mass is 415 g/mol. The third-order valence-electron chi connectivity index (χ3n) is 4.42. The van der Waals surface area contributed by atoms with Gasteiger partial charge in [0.25, 0.3) is 0 Å². The lowest BCUT2D eigenvalue weighted by Gasteiger charge is -2.31. The quantitative estimate of drug-likeness (QED) is 0.592. The number of alkyl halides is 3. The van der Waals surface area contributed by atoms with E-state index in [2.05, 4.69) is 5.10 Å². The summed E-state index contributed by atoms with van der Waals surface area (Å²) in [5.41, 5.74) is 0.114. The predicted octanol–water partition coefficient (Wildman–Crippen LogP) is 4.03. The molecule has 3 rings (SSSR count). The lowest BCUT2D eigenvalue weighted by atomic mass is 10.1. The smallest absolute Gasteiger partial charge is 0.268 e. The fourth-order valence-electron chi connectivity index (χ4n) is 3.07. The van der Waals surface area contributed by atoms with Crippen molar-refractivity contribution in [2.45, 2.75) is 24.0 Å². The Morgan fingerprint density at radius 1 is 1.14 bits per heavy atom. The fraction of sp³-hybridized carbons (Fsp3) is 0.278. The third kappa shape index (κ3) is 3.61. The number of hydrogen-bond donors (Lipinski definition) is 0. The van der Waals surface area contributed by atoms with Gasteiger partial charge in [-0.05, 0) is 35.9 Å². The second-order valence-electron chi connectivity index (χ2n) is 6.19. The number of benzene rings is 2. The van der Waals surface area contributed by atoms with E-state index in [1.54, 1.807) is 7.05 Å². The highest BCUT2D eigenvalue weighted by Crippen LogP contribution is 2.40. The van der Waals surface area contributed by atoms with E-state index in [1.165, 1.54) is 36.0 Å². The predicted molar refractivity (Wildman–Crippen MR) is 95.5 cm³/mol. The number of nitrogens with zero attached hydrogens (tertiary/aromatic N) is 3. The zero-order valence-electron chi connectivity index (χ0n) is 15.0. The van der Waals surface area contributed by atoms with Crippen molar-refractivity contribution in [1.82, 2.24) is 14.1 Å². The van der Waals surface area contributed by atoms with E-state index < -0.39 is 34.6 Å². The molecule has 0 spiro atoms. The second-order valence-corrected chi connectivity index (χ2v) is 8.08. The van der Waals surface area contributed by atoms with Crippen LogP contribution in [0.15, 0.2) is 53.6 Å². The minimum absolute atomic E-state index is 0.276. The first-order valence-corrected chi connectivity index (χ1v) is 9.75. The van der Waals surface area contributed by atoms with Crippen LogP contribution in [0.5, 0.6) is 0 Å². The van der Waals surface area contributed by atoms with E-state index in [4.69, 9.17) is 0 Å². The standard InChI is InChI=1S/C18H17F4N3O2S/c1-3-25(17(18(20,21)22)12-4-7-14(19)8-5-12)28(26,27)15-9-6-13-11-23-24(2)16(13)10-15/h4-11,17H,3H2,1-2H3. The summed E-state index contributed by atoms with van der Waals surface area (Å²) in [6, 6.07) is 5.21. The van der Waals surface area contributed by atoms with Crippen LogP contribution in [0.25, 0.3) is 10.9 Å². The van der Waals surface area contributed by atoms with E-state index in [0.717, 1.165) is 24.3 Å². The van der Waals surface area contributed by atoms with Crippen molar-refractivity contribution in [2.75, 3.05) is 6.54 Å². The normalized spacial score (nSPS) is 14.0. The van der Waals surface area contributed by atoms with Crippen LogP contribution < -0.4 is 0 Å². The Labute approximate surface area is 159 Å². The van der Waals surface area contributed by atoms with Crippen LogP contribution in [0.2, 0.25) is 0 Å². The molecule has 0 bridgehead atoms. The van der Waals surface area contributed by atoms with Gasteiger partial charge in [0.2, 0.25) is 10.0 Å². The number of aromatic nitrogens is 2. The first kappa shape index (κ1) is 20.3. The molecule has 28 heavy (non-hydrogen) atoms. The number of hydrogen-bond acceptors (Lipinski definition) is 3. The Morgan fingerprint density at radius 2 is 1.79 bits per heavy atom. The third-order valence-corrected chi connectivity index (χ3v) is 6.36. The molecular weight excluding hydrogens is 398 g/mol. The van der Waals surface area contributed by atoms with Gasteiger partial charge in [0.1, 0.15) is 11.9 Å². The first-order chi connectivity index (χ1) is 13.1. The molecule has 0 saturated heterocycles. The van der Waals surface area contributed by atoms with Gasteiger partial charge in [0, 0.05) is 19.0 Å². The molecule has 0 aliphatic carbocycles. The van der Waals surface area contributed by atoms with Crippen molar-refractivity contribution in [2.24, 2.45) is 7.05 Å². The lowest BCUT2D eigenvalue weighted by molar-refractivity contribution is -0.173. The van der Waals surface area contributed by atoms with Crippen LogP contribution in [0.3, 0.4) is 0 Å². The van der Waals surface area contributed by atoms with E-state index in [0.29, 0.717) is 15.2 Å². The van der Waals surface area contributed by atoms with Crippen LogP contribution in [-0.2, 0) is 17.1 Å². The minimum atomic E-state index is -4.89. The topological polar surface area (TPSA) is 55.2 Å². The summed E-state index contributed by atoms with van der Waals surface area (Å²) < 4.78 is 82.7. The van der Waals surface area contributed by atoms with Crippen LogP contribution in [0, 0.1) is 5.82 Å². The van der Waals surface area contributed by atoms with Crippen molar-refractivity contribution in [1.29, 1.82) is 0 Å². The maximum absolute atomic E-state index is 13.8. The molecule has 1 atom stereocenters. The van der Waals surface area contributed by atoms with Crippen molar-refractivity contribution in [3.8, 4) is 0 Å².